The Morgan fingerprint density at radius 1 is 1.25 bits per heavy atom. The second kappa shape index (κ2) is 3.64. The van der Waals surface area contributed by atoms with Crippen LogP contribution in [0.2, 0.25) is 0 Å². The van der Waals surface area contributed by atoms with Gasteiger partial charge < -0.3 is 10.6 Å². The fourth-order valence-electron chi connectivity index (χ4n) is 2.14. The van der Waals surface area contributed by atoms with Crippen LogP contribution in [0.25, 0.3) is 5.69 Å². The van der Waals surface area contributed by atoms with E-state index in [1.54, 1.807) is 0 Å². The normalized spacial score (nSPS) is 13.8. The van der Waals surface area contributed by atoms with Crippen LogP contribution >= 0.6 is 0 Å². The van der Waals surface area contributed by atoms with E-state index in [-0.39, 0.29) is 0 Å². The third-order valence-corrected chi connectivity index (χ3v) is 2.92. The maximum absolute atomic E-state index is 4.59. The van der Waals surface area contributed by atoms with E-state index in [4.69, 9.17) is 0 Å². The van der Waals surface area contributed by atoms with Gasteiger partial charge in [-0.3, -0.25) is 0 Å². The first-order valence-corrected chi connectivity index (χ1v) is 5.45. The van der Waals surface area contributed by atoms with Gasteiger partial charge in [-0.05, 0) is 12.1 Å². The largest absolute Gasteiger partial charge is 0.371 e. The van der Waals surface area contributed by atoms with Gasteiger partial charge in [-0.2, -0.15) is 0 Å². The highest BCUT2D eigenvalue weighted by Crippen LogP contribution is 2.25. The van der Waals surface area contributed by atoms with Crippen LogP contribution in [0.1, 0.15) is 11.3 Å². The fourth-order valence-corrected chi connectivity index (χ4v) is 2.14. The van der Waals surface area contributed by atoms with Crippen molar-refractivity contribution in [3.8, 4) is 5.69 Å². The van der Waals surface area contributed by atoms with E-state index in [2.05, 4.69) is 27.9 Å². The van der Waals surface area contributed by atoms with Crippen LogP contribution in [-0.2, 0) is 13.1 Å². The lowest BCUT2D eigenvalue weighted by Gasteiger charge is -2.04. The van der Waals surface area contributed by atoms with Gasteiger partial charge in [0.1, 0.15) is 0 Å². The van der Waals surface area contributed by atoms with Gasteiger partial charge in [0.05, 0.1) is 11.4 Å². The molecular weight excluding hydrogens is 200 g/mol. The molecule has 16 heavy (non-hydrogen) atoms. The van der Waals surface area contributed by atoms with Crippen molar-refractivity contribution in [2.45, 2.75) is 13.1 Å². The first-order valence-electron chi connectivity index (χ1n) is 5.45. The third-order valence-electron chi connectivity index (χ3n) is 2.92. The first-order chi connectivity index (χ1) is 7.90. The topological polar surface area (TPSA) is 41.9 Å². The van der Waals surface area contributed by atoms with Gasteiger partial charge >= 0.3 is 0 Å². The average molecular weight is 214 g/mol. The molecule has 1 aliphatic heterocycles. The average Bonchev–Trinajstić information content (AvgIpc) is 2.91. The van der Waals surface area contributed by atoms with Crippen molar-refractivity contribution >= 4 is 5.82 Å². The third kappa shape index (κ3) is 1.31. The summed E-state index contributed by atoms with van der Waals surface area (Å²) in [5.74, 6) is 0.976. The number of anilines is 1. The molecule has 82 valence electrons. The van der Waals surface area contributed by atoms with Crippen molar-refractivity contribution in [2.75, 3.05) is 12.4 Å². The Morgan fingerprint density at radius 2 is 2.06 bits per heavy atom. The van der Waals surface area contributed by atoms with Crippen LogP contribution in [0.15, 0.2) is 30.3 Å². The lowest BCUT2D eigenvalue weighted by molar-refractivity contribution is 0.713. The molecule has 0 unspecified atom stereocenters. The van der Waals surface area contributed by atoms with E-state index < -0.39 is 0 Å². The quantitative estimate of drug-likeness (QED) is 0.796. The van der Waals surface area contributed by atoms with E-state index in [1.807, 2.05) is 29.9 Å². The number of rotatable bonds is 2. The lowest BCUT2D eigenvalue weighted by Crippen LogP contribution is -2.08. The van der Waals surface area contributed by atoms with E-state index in [9.17, 15) is 0 Å². The van der Waals surface area contributed by atoms with Gasteiger partial charge in [-0.25, -0.2) is 4.68 Å². The van der Waals surface area contributed by atoms with Crippen LogP contribution in [-0.4, -0.2) is 16.8 Å². The minimum Gasteiger partial charge on any atom is -0.371 e. The molecule has 2 aromatic rings. The van der Waals surface area contributed by atoms with E-state index in [1.165, 1.54) is 11.3 Å². The highest BCUT2D eigenvalue weighted by atomic mass is 15.3. The van der Waals surface area contributed by atoms with Crippen molar-refractivity contribution in [3.63, 3.8) is 0 Å². The zero-order valence-electron chi connectivity index (χ0n) is 9.20. The summed E-state index contributed by atoms with van der Waals surface area (Å²) in [6.45, 7) is 1.79. The van der Waals surface area contributed by atoms with Crippen LogP contribution in [0.3, 0.4) is 0 Å². The lowest BCUT2D eigenvalue weighted by atomic mass is 10.2. The van der Waals surface area contributed by atoms with Crippen molar-refractivity contribution < 1.29 is 0 Å². The van der Waals surface area contributed by atoms with Gasteiger partial charge in [0.2, 0.25) is 0 Å². The number of aromatic nitrogens is 2. The first kappa shape index (κ1) is 9.42. The Kier molecular flexibility index (Phi) is 2.15. The highest BCUT2D eigenvalue weighted by molar-refractivity contribution is 5.51. The maximum Gasteiger partial charge on any atom is 0.153 e. The summed E-state index contributed by atoms with van der Waals surface area (Å²) in [4.78, 5) is 0. The number of para-hydroxylation sites is 1. The van der Waals surface area contributed by atoms with Crippen LogP contribution < -0.4 is 10.6 Å². The fraction of sp³-hybridized carbons (Fsp3) is 0.250. The van der Waals surface area contributed by atoms with Crippen molar-refractivity contribution in [3.05, 3.63) is 41.6 Å². The molecule has 0 bridgehead atoms. The molecule has 0 saturated carbocycles. The molecule has 0 amide bonds. The second-order valence-corrected chi connectivity index (χ2v) is 3.87. The molecule has 0 radical (unpaired) electrons. The highest BCUT2D eigenvalue weighted by Gasteiger charge is 2.21. The number of hydrogen-bond acceptors (Lipinski definition) is 3. The van der Waals surface area contributed by atoms with Crippen molar-refractivity contribution in [1.29, 1.82) is 0 Å². The molecule has 4 nitrogen and oxygen atoms in total. The Labute approximate surface area is 94.3 Å². The van der Waals surface area contributed by atoms with Crippen molar-refractivity contribution in [2.24, 2.45) is 0 Å². The Morgan fingerprint density at radius 3 is 2.81 bits per heavy atom. The van der Waals surface area contributed by atoms with Crippen LogP contribution in [0.4, 0.5) is 5.82 Å². The summed E-state index contributed by atoms with van der Waals surface area (Å²) in [6, 6.07) is 10.2. The Balaban J connectivity index is 2.15. The molecule has 1 aromatic heterocycles. The Hall–Kier alpha value is -1.81. The molecule has 0 atom stereocenters. The molecular formula is C12H14N4. The molecule has 4 heteroatoms. The molecule has 0 fully saturated rings. The molecule has 1 aromatic carbocycles. The summed E-state index contributed by atoms with van der Waals surface area (Å²) in [7, 11) is 1.91. The molecule has 0 aliphatic carbocycles. The predicted octanol–water partition coefficient (Wildman–Crippen LogP) is 1.52. The number of fused-ring (bicyclic) bond motifs is 1. The summed E-state index contributed by atoms with van der Waals surface area (Å²) >= 11 is 0. The zero-order chi connectivity index (χ0) is 11.0. The number of hydrogen-bond donors (Lipinski definition) is 2. The summed E-state index contributed by atoms with van der Waals surface area (Å²) in [5.41, 5.74) is 3.66. The smallest absolute Gasteiger partial charge is 0.153 e. The van der Waals surface area contributed by atoms with Gasteiger partial charge in [0.15, 0.2) is 5.82 Å². The standard InChI is InChI=1S/C12H14N4/c1-13-12-10-7-14-8-11(10)16(15-12)9-5-3-2-4-6-9/h2-6,14H,7-8H2,1H3,(H,13,15). The maximum atomic E-state index is 4.59. The van der Waals surface area contributed by atoms with E-state index in [0.29, 0.717) is 0 Å². The molecule has 2 N–H and O–H groups in total. The Bertz CT molecular complexity index is 501. The molecule has 2 heterocycles. The summed E-state index contributed by atoms with van der Waals surface area (Å²) in [5, 5.41) is 11.1. The molecule has 0 spiro atoms. The SMILES string of the molecule is CNc1nn(-c2ccccc2)c2c1CNC2. The minimum absolute atomic E-state index is 0.888. The zero-order valence-corrected chi connectivity index (χ0v) is 9.20. The van der Waals surface area contributed by atoms with Crippen LogP contribution in [0.5, 0.6) is 0 Å². The minimum atomic E-state index is 0.888. The van der Waals surface area contributed by atoms with Crippen LogP contribution in [0, 0.1) is 0 Å². The number of nitrogens with one attached hydrogen (secondary N) is 2. The van der Waals surface area contributed by atoms with Gasteiger partial charge in [0.25, 0.3) is 0 Å². The summed E-state index contributed by atoms with van der Waals surface area (Å²) < 4.78 is 2.02. The van der Waals surface area contributed by atoms with Gasteiger partial charge in [0, 0.05) is 25.7 Å². The van der Waals surface area contributed by atoms with Gasteiger partial charge in [-0.15, -0.1) is 5.10 Å². The second-order valence-electron chi connectivity index (χ2n) is 3.87. The summed E-state index contributed by atoms with van der Waals surface area (Å²) in [6.07, 6.45) is 0. The van der Waals surface area contributed by atoms with Crippen molar-refractivity contribution in [1.82, 2.24) is 15.1 Å². The monoisotopic (exact) mass is 214 g/mol. The van der Waals surface area contributed by atoms with Gasteiger partial charge in [-0.1, -0.05) is 18.2 Å². The predicted molar refractivity (Wildman–Crippen MR) is 63.7 cm³/mol. The number of benzene rings is 1. The number of nitrogens with zero attached hydrogens (tertiary/aromatic N) is 2. The molecule has 3 rings (SSSR count). The van der Waals surface area contributed by atoms with E-state index >= 15 is 0 Å². The van der Waals surface area contributed by atoms with E-state index in [0.717, 1.165) is 24.6 Å². The molecule has 1 aliphatic rings. The molecule has 0 saturated heterocycles.